The number of esters is 1. The van der Waals surface area contributed by atoms with E-state index in [0.29, 0.717) is 22.6 Å². The third-order valence-corrected chi connectivity index (χ3v) is 16.6. The molecular weight excluding hydrogens is 982 g/mol. The molecule has 0 aliphatic carbocycles. The second-order valence-corrected chi connectivity index (χ2v) is 21.0. The number of carbonyl (C=O) groups excluding carboxylic acids is 2. The number of halogens is 17. The number of hydrogen-bond donors (Lipinski definition) is 1. The Morgan fingerprint density at radius 3 is 1.60 bits per heavy atom. The van der Waals surface area contributed by atoms with Crippen molar-refractivity contribution >= 4 is 26.1 Å². The van der Waals surface area contributed by atoms with Crippen LogP contribution >= 0.6 is 0 Å². The monoisotopic (exact) mass is 1030 g/mol. The van der Waals surface area contributed by atoms with Gasteiger partial charge in [-0.2, -0.15) is 74.6 Å². The molecule has 386 valence electrons. The smallest absolute Gasteiger partial charge is 0.460 e. The molecule has 2 aromatic rings. The highest BCUT2D eigenvalue weighted by molar-refractivity contribution is 6.76. The minimum Gasteiger partial charge on any atom is -0.497 e. The Kier molecular flexibility index (Phi) is 19.1. The first-order valence-corrected chi connectivity index (χ1v) is 22.3. The molecule has 0 spiro atoms. The van der Waals surface area contributed by atoms with E-state index in [1.165, 1.54) is 83.4 Å². The average Bonchev–Trinajstić information content (AvgIpc) is 3.23. The molecule has 2 rings (SSSR count). The molecule has 0 aliphatic heterocycles. The van der Waals surface area contributed by atoms with Crippen molar-refractivity contribution in [2.75, 3.05) is 32.2 Å². The van der Waals surface area contributed by atoms with Gasteiger partial charge in [0.05, 0.1) is 13.7 Å². The first-order chi connectivity index (χ1) is 30.9. The van der Waals surface area contributed by atoms with Crippen LogP contribution in [0.4, 0.5) is 85.1 Å². The molecule has 1 amide bonds. The zero-order valence-electron chi connectivity index (χ0n) is 37.1. The van der Waals surface area contributed by atoms with Crippen LogP contribution in [-0.2, 0) is 18.7 Å². The van der Waals surface area contributed by atoms with E-state index in [2.05, 4.69) is 11.9 Å². The molecule has 26 heteroatoms. The summed E-state index contributed by atoms with van der Waals surface area (Å²) < 4.78 is 264. The van der Waals surface area contributed by atoms with Gasteiger partial charge in [0, 0.05) is 24.1 Å². The Labute approximate surface area is 380 Å². The molecular formula is C42H48F17NO7Si. The maximum atomic E-state index is 15.0. The number of methoxy groups -OCH3 is 1. The van der Waals surface area contributed by atoms with E-state index in [1.54, 1.807) is 26.0 Å². The van der Waals surface area contributed by atoms with Crippen LogP contribution in [0.1, 0.15) is 59.6 Å². The van der Waals surface area contributed by atoms with Gasteiger partial charge in [0.25, 0.3) is 0 Å². The van der Waals surface area contributed by atoms with Crippen LogP contribution in [-0.4, -0.2) is 94.9 Å². The second-order valence-electron chi connectivity index (χ2n) is 16.0. The van der Waals surface area contributed by atoms with Gasteiger partial charge in [-0.1, -0.05) is 65.0 Å². The molecule has 0 unspecified atom stereocenters. The first-order valence-electron chi connectivity index (χ1n) is 20.0. The minimum atomic E-state index is -8.71. The summed E-state index contributed by atoms with van der Waals surface area (Å²) in [6.45, 7) is 10.9. The highest BCUT2D eigenvalue weighted by Gasteiger charge is 2.95. The lowest BCUT2D eigenvalue weighted by molar-refractivity contribution is -0.461. The predicted octanol–water partition coefficient (Wildman–Crippen LogP) is 13.9. The van der Waals surface area contributed by atoms with Crippen LogP contribution < -0.4 is 14.8 Å². The number of anilines is 1. The summed E-state index contributed by atoms with van der Waals surface area (Å²) in [4.78, 5) is 25.3. The van der Waals surface area contributed by atoms with Crippen LogP contribution in [0, 0.1) is 5.92 Å². The summed E-state index contributed by atoms with van der Waals surface area (Å²) in [5, 5.41) is 2.56. The van der Waals surface area contributed by atoms with E-state index in [-0.39, 0.29) is 12.4 Å². The number of ether oxygens (including phenoxy) is 4. The molecule has 0 saturated heterocycles. The number of amides is 1. The Hall–Kier alpha value is -4.75. The number of carbonyl (C=O) groups is 2. The number of alkyl halides is 17. The summed E-state index contributed by atoms with van der Waals surface area (Å²) in [5.74, 6) is -57.7. The molecule has 0 aliphatic rings. The second kappa shape index (κ2) is 21.9. The number of nitrogens with one attached hydrogen (secondary N) is 1. The van der Waals surface area contributed by atoms with E-state index < -0.39 is 117 Å². The molecule has 2 aromatic carbocycles. The van der Waals surface area contributed by atoms with E-state index in [0.717, 1.165) is 0 Å². The van der Waals surface area contributed by atoms with Crippen LogP contribution in [0.25, 0.3) is 0 Å². The lowest BCUT2D eigenvalue weighted by Gasteiger charge is -2.44. The van der Waals surface area contributed by atoms with Gasteiger partial charge < -0.3 is 23.4 Å². The van der Waals surface area contributed by atoms with Crippen LogP contribution in [0.5, 0.6) is 11.5 Å². The summed E-state index contributed by atoms with van der Waals surface area (Å²) >= 11 is 0. The molecule has 8 nitrogen and oxygen atoms in total. The summed E-state index contributed by atoms with van der Waals surface area (Å²) in [6.07, 6.45) is -9.85. The summed E-state index contributed by atoms with van der Waals surface area (Å²) in [7, 11) is -2.59. The zero-order valence-corrected chi connectivity index (χ0v) is 38.1. The maximum absolute atomic E-state index is 15.0. The Morgan fingerprint density at radius 1 is 0.676 bits per heavy atom. The van der Waals surface area contributed by atoms with Gasteiger partial charge in [0.2, 0.25) is 0 Å². The normalized spacial score (nSPS) is 14.9. The fraction of sp³-hybridized carbons (Fsp3) is 0.571. The minimum absolute atomic E-state index is 0.0818. The number of rotatable bonds is 25. The lowest BCUT2D eigenvalue weighted by atomic mass is 9.88. The zero-order chi connectivity index (χ0) is 52.7. The quantitative estimate of drug-likeness (QED) is 0.0264. The predicted molar refractivity (Wildman–Crippen MR) is 214 cm³/mol. The van der Waals surface area contributed by atoms with E-state index in [9.17, 15) is 75.4 Å². The van der Waals surface area contributed by atoms with Gasteiger partial charge in [0.1, 0.15) is 30.8 Å². The van der Waals surface area contributed by atoms with Gasteiger partial charge in [-0.15, -0.1) is 0 Å². The largest absolute Gasteiger partial charge is 0.497 e. The number of benzene rings is 2. The number of hydrogen-bond acceptors (Lipinski definition) is 7. The molecule has 0 fully saturated rings. The van der Waals surface area contributed by atoms with Crippen LogP contribution in [0.15, 0.2) is 72.8 Å². The van der Waals surface area contributed by atoms with Crippen molar-refractivity contribution in [1.82, 2.24) is 0 Å². The molecule has 0 bridgehead atoms. The fourth-order valence-electron chi connectivity index (χ4n) is 6.63. The third-order valence-electron chi connectivity index (χ3n) is 10.9. The Balaban J connectivity index is 2.33. The Bertz CT molecular complexity index is 2020. The molecule has 1 N–H and O–H groups in total. The molecule has 2 atom stereocenters. The fourth-order valence-corrected chi connectivity index (χ4v) is 11.1. The summed E-state index contributed by atoms with van der Waals surface area (Å²) in [5.41, 5.74) is -0.676. The van der Waals surface area contributed by atoms with Crippen molar-refractivity contribution in [2.45, 2.75) is 119 Å². The van der Waals surface area contributed by atoms with Crippen molar-refractivity contribution in [3.8, 4) is 11.5 Å². The van der Waals surface area contributed by atoms with Crippen molar-refractivity contribution in [3.05, 3.63) is 78.4 Å². The average molecular weight is 1030 g/mol. The van der Waals surface area contributed by atoms with Crippen LogP contribution in [0.2, 0.25) is 17.1 Å². The van der Waals surface area contributed by atoms with Gasteiger partial charge in [0.15, 0.2) is 8.32 Å². The van der Waals surface area contributed by atoms with Crippen molar-refractivity contribution < 1.29 is 108 Å². The van der Waals surface area contributed by atoms with Gasteiger partial charge >= 0.3 is 59.7 Å². The van der Waals surface area contributed by atoms with Crippen molar-refractivity contribution in [3.63, 3.8) is 0 Å². The lowest BCUT2D eigenvalue weighted by Crippen LogP contribution is -2.74. The molecule has 0 aromatic heterocycles. The standard InChI is InChI=1S/C42H48F17NO7Si/c1-9-19-65-32(61)23-26(6)27(7)33(67-34(62)60-29-12-16-30(63-8)17-13-29)28-10-14-31(15-11-28)64-20-21-66-68(24(2)3,25(4)5)22-18-35(43,44)36(45,46)37(47,48)38(49,50)39(51,52)40(53,54)41(55,56)42(57,58)59/h9-17,23-25,27,33H,1,18-22H2,2-8H3,(H,60,62)/b26-23+/t27-,33-/m1/s1. The van der Waals surface area contributed by atoms with E-state index >= 15 is 8.78 Å². The highest BCUT2D eigenvalue weighted by Crippen LogP contribution is 2.64. The molecule has 68 heavy (non-hydrogen) atoms. The SMILES string of the molecule is C=CCOC(=O)/C=C(\C)[C@@H](C)[C@@H](OC(=O)Nc1ccc(OC)cc1)c1ccc(OCCO[Si](CCC(F)(F)C(F)(F)C(F)(F)C(F)(F)C(F)(F)C(F)(F)C(F)(F)C(F)(F)F)(C(C)C)C(C)C)cc1. The van der Waals surface area contributed by atoms with E-state index in [1.807, 2.05) is 0 Å². The van der Waals surface area contributed by atoms with Gasteiger partial charge in [-0.05, 0) is 66.0 Å². The van der Waals surface area contributed by atoms with E-state index in [4.69, 9.17) is 23.4 Å². The van der Waals surface area contributed by atoms with Gasteiger partial charge in [-0.25, -0.2) is 9.59 Å². The van der Waals surface area contributed by atoms with Gasteiger partial charge in [-0.3, -0.25) is 5.32 Å². The first kappa shape index (κ1) is 59.4. The Morgan fingerprint density at radius 2 is 1.15 bits per heavy atom. The highest BCUT2D eigenvalue weighted by atomic mass is 28.4. The maximum Gasteiger partial charge on any atom is 0.460 e. The molecule has 0 heterocycles. The topological polar surface area (TPSA) is 92.3 Å². The van der Waals surface area contributed by atoms with Crippen molar-refractivity contribution in [2.24, 2.45) is 5.92 Å². The molecule has 0 saturated carbocycles. The van der Waals surface area contributed by atoms with Crippen LogP contribution in [0.3, 0.4) is 0 Å². The summed E-state index contributed by atoms with van der Waals surface area (Å²) in [6, 6.07) is 10.6. The van der Waals surface area contributed by atoms with Crippen molar-refractivity contribution in [1.29, 1.82) is 0 Å². The third kappa shape index (κ3) is 12.2. The molecule has 0 radical (unpaired) electrons.